The van der Waals surface area contributed by atoms with Crippen molar-refractivity contribution >= 4 is 28.9 Å². The second kappa shape index (κ2) is 10.2. The number of rotatable bonds is 7. The lowest BCUT2D eigenvalue weighted by Crippen LogP contribution is -2.43. The number of anilines is 3. The summed E-state index contributed by atoms with van der Waals surface area (Å²) in [5.74, 6) is -1.12. The number of hydrogen-bond donors (Lipinski definition) is 2. The fourth-order valence-corrected chi connectivity index (χ4v) is 3.14. The topological polar surface area (TPSA) is 73.9 Å². The molecule has 1 heterocycles. The summed E-state index contributed by atoms with van der Waals surface area (Å²) in [6.45, 7) is 4.82. The molecule has 0 aliphatic carbocycles. The minimum absolute atomic E-state index is 0.0249. The third-order valence-corrected chi connectivity index (χ3v) is 5.09. The van der Waals surface area contributed by atoms with E-state index in [0.29, 0.717) is 18.9 Å². The average Bonchev–Trinajstić information content (AvgIpc) is 2.75. The van der Waals surface area contributed by atoms with E-state index < -0.39 is 11.9 Å². The molecule has 3 rings (SSSR count). The maximum atomic E-state index is 13.7. The molecule has 2 aromatic carbocycles. The molecule has 1 aliphatic rings. The lowest BCUT2D eigenvalue weighted by molar-refractivity contribution is -0.122. The zero-order valence-corrected chi connectivity index (χ0v) is 17.2. The van der Waals surface area contributed by atoms with Crippen molar-refractivity contribution in [2.24, 2.45) is 0 Å². The highest BCUT2D eigenvalue weighted by Gasteiger charge is 2.21. The second-order valence-electron chi connectivity index (χ2n) is 7.25. The van der Waals surface area contributed by atoms with Gasteiger partial charge in [0.15, 0.2) is 0 Å². The molecule has 1 saturated heterocycles. The van der Waals surface area contributed by atoms with Crippen LogP contribution >= 0.6 is 0 Å². The molecule has 160 valence electrons. The van der Waals surface area contributed by atoms with Crippen LogP contribution in [0.4, 0.5) is 21.5 Å². The first-order valence-electron chi connectivity index (χ1n) is 9.92. The standard InChI is InChI=1S/C22H27FN4O3/c1-16(22(29)25-20-6-4-3-5-19(20)23)26(2)15-21(28)24-17-7-9-18(10-8-17)27-11-13-30-14-12-27/h3-10,16H,11-15H2,1-2H3,(H,24,28)(H,25,29). The Kier molecular flexibility index (Phi) is 7.37. The first-order valence-corrected chi connectivity index (χ1v) is 9.92. The summed E-state index contributed by atoms with van der Waals surface area (Å²) in [6, 6.07) is 13.0. The number of amides is 2. The molecule has 30 heavy (non-hydrogen) atoms. The van der Waals surface area contributed by atoms with Gasteiger partial charge in [-0.3, -0.25) is 14.5 Å². The number of para-hydroxylation sites is 1. The summed E-state index contributed by atoms with van der Waals surface area (Å²) in [5, 5.41) is 5.39. The van der Waals surface area contributed by atoms with Crippen LogP contribution in [0.5, 0.6) is 0 Å². The molecule has 0 spiro atoms. The van der Waals surface area contributed by atoms with Crippen molar-refractivity contribution in [2.45, 2.75) is 13.0 Å². The molecule has 8 heteroatoms. The summed E-state index contributed by atoms with van der Waals surface area (Å²) >= 11 is 0. The van der Waals surface area contributed by atoms with E-state index in [2.05, 4.69) is 15.5 Å². The molecule has 2 aromatic rings. The van der Waals surface area contributed by atoms with Crippen LogP contribution in [-0.2, 0) is 14.3 Å². The molecule has 0 radical (unpaired) electrons. The SMILES string of the molecule is CC(C(=O)Nc1ccccc1F)N(C)CC(=O)Nc1ccc(N2CCOCC2)cc1. The summed E-state index contributed by atoms with van der Waals surface area (Å²) < 4.78 is 19.1. The molecular formula is C22H27FN4O3. The quantitative estimate of drug-likeness (QED) is 0.729. The third-order valence-electron chi connectivity index (χ3n) is 5.09. The lowest BCUT2D eigenvalue weighted by atomic mass is 10.2. The number of carbonyl (C=O) groups excluding carboxylic acids is 2. The van der Waals surface area contributed by atoms with Gasteiger partial charge in [0.2, 0.25) is 11.8 Å². The Labute approximate surface area is 175 Å². The Morgan fingerprint density at radius 2 is 1.77 bits per heavy atom. The van der Waals surface area contributed by atoms with Crippen LogP contribution < -0.4 is 15.5 Å². The normalized spacial score (nSPS) is 15.0. The molecule has 2 N–H and O–H groups in total. The van der Waals surface area contributed by atoms with Crippen molar-refractivity contribution in [3.05, 3.63) is 54.3 Å². The van der Waals surface area contributed by atoms with E-state index in [1.54, 1.807) is 31.0 Å². The molecule has 1 aliphatic heterocycles. The van der Waals surface area contributed by atoms with Crippen LogP contribution in [0.3, 0.4) is 0 Å². The first-order chi connectivity index (χ1) is 14.4. The van der Waals surface area contributed by atoms with E-state index in [0.717, 1.165) is 18.8 Å². The van der Waals surface area contributed by atoms with Crippen LogP contribution in [0.15, 0.2) is 48.5 Å². The van der Waals surface area contributed by atoms with Crippen LogP contribution in [0.2, 0.25) is 0 Å². The summed E-state index contributed by atoms with van der Waals surface area (Å²) in [5.41, 5.74) is 1.90. The van der Waals surface area contributed by atoms with E-state index in [1.165, 1.54) is 12.1 Å². The van der Waals surface area contributed by atoms with E-state index >= 15 is 0 Å². The predicted molar refractivity (Wildman–Crippen MR) is 115 cm³/mol. The van der Waals surface area contributed by atoms with Gasteiger partial charge in [0.05, 0.1) is 31.5 Å². The van der Waals surface area contributed by atoms with E-state index in [9.17, 15) is 14.0 Å². The molecule has 0 bridgehead atoms. The molecule has 0 aromatic heterocycles. The van der Waals surface area contributed by atoms with Gasteiger partial charge in [-0.25, -0.2) is 4.39 Å². The van der Waals surface area contributed by atoms with Gasteiger partial charge in [-0.15, -0.1) is 0 Å². The third kappa shape index (κ3) is 5.77. The van der Waals surface area contributed by atoms with Gasteiger partial charge < -0.3 is 20.3 Å². The molecule has 1 unspecified atom stereocenters. The number of ether oxygens (including phenoxy) is 1. The summed E-state index contributed by atoms with van der Waals surface area (Å²) in [4.78, 5) is 28.6. The fraction of sp³-hybridized carbons (Fsp3) is 0.364. The Morgan fingerprint density at radius 1 is 1.10 bits per heavy atom. The summed E-state index contributed by atoms with van der Waals surface area (Å²) in [6.07, 6.45) is 0. The van der Waals surface area contributed by atoms with E-state index in [-0.39, 0.29) is 24.0 Å². The van der Waals surface area contributed by atoms with Crippen LogP contribution in [0.1, 0.15) is 6.92 Å². The van der Waals surface area contributed by atoms with Crippen LogP contribution in [0, 0.1) is 5.82 Å². The van der Waals surface area contributed by atoms with Crippen molar-refractivity contribution in [1.82, 2.24) is 4.90 Å². The maximum absolute atomic E-state index is 13.7. The highest BCUT2D eigenvalue weighted by Crippen LogP contribution is 2.19. The number of likely N-dealkylation sites (N-methyl/N-ethyl adjacent to an activating group) is 1. The highest BCUT2D eigenvalue weighted by molar-refractivity contribution is 5.96. The van der Waals surface area contributed by atoms with Crippen molar-refractivity contribution < 1.29 is 18.7 Å². The minimum atomic E-state index is -0.612. The number of nitrogens with zero attached hydrogens (tertiary/aromatic N) is 2. The van der Waals surface area contributed by atoms with Crippen LogP contribution in [-0.4, -0.2) is 62.7 Å². The van der Waals surface area contributed by atoms with E-state index in [4.69, 9.17) is 4.74 Å². The van der Waals surface area contributed by atoms with Crippen molar-refractivity contribution in [2.75, 3.05) is 55.4 Å². The van der Waals surface area contributed by atoms with Gasteiger partial charge in [0, 0.05) is 24.5 Å². The Balaban J connectivity index is 1.49. The van der Waals surface area contributed by atoms with Gasteiger partial charge >= 0.3 is 0 Å². The molecule has 1 atom stereocenters. The van der Waals surface area contributed by atoms with Gasteiger partial charge in [0.1, 0.15) is 5.82 Å². The van der Waals surface area contributed by atoms with E-state index in [1.807, 2.05) is 24.3 Å². The Bertz CT molecular complexity index is 869. The molecular weight excluding hydrogens is 387 g/mol. The zero-order chi connectivity index (χ0) is 21.5. The maximum Gasteiger partial charge on any atom is 0.241 e. The number of halogens is 1. The molecule has 7 nitrogen and oxygen atoms in total. The number of carbonyl (C=O) groups is 2. The van der Waals surface area contributed by atoms with Crippen molar-refractivity contribution in [3.8, 4) is 0 Å². The number of hydrogen-bond acceptors (Lipinski definition) is 5. The smallest absolute Gasteiger partial charge is 0.241 e. The monoisotopic (exact) mass is 414 g/mol. The van der Waals surface area contributed by atoms with Gasteiger partial charge in [-0.05, 0) is 50.4 Å². The second-order valence-corrected chi connectivity index (χ2v) is 7.25. The van der Waals surface area contributed by atoms with Gasteiger partial charge in [0.25, 0.3) is 0 Å². The minimum Gasteiger partial charge on any atom is -0.378 e. The van der Waals surface area contributed by atoms with Crippen molar-refractivity contribution in [3.63, 3.8) is 0 Å². The zero-order valence-electron chi connectivity index (χ0n) is 17.2. The number of morpholine rings is 1. The average molecular weight is 414 g/mol. The number of benzene rings is 2. The Hall–Kier alpha value is -2.97. The fourth-order valence-electron chi connectivity index (χ4n) is 3.14. The summed E-state index contributed by atoms with van der Waals surface area (Å²) in [7, 11) is 1.67. The van der Waals surface area contributed by atoms with Gasteiger partial charge in [-0.1, -0.05) is 12.1 Å². The van der Waals surface area contributed by atoms with Crippen LogP contribution in [0.25, 0.3) is 0 Å². The first kappa shape index (κ1) is 21.7. The van der Waals surface area contributed by atoms with Crippen molar-refractivity contribution in [1.29, 1.82) is 0 Å². The molecule has 0 saturated carbocycles. The lowest BCUT2D eigenvalue weighted by Gasteiger charge is -2.29. The predicted octanol–water partition coefficient (Wildman–Crippen LogP) is 2.56. The largest absolute Gasteiger partial charge is 0.378 e. The number of nitrogens with one attached hydrogen (secondary N) is 2. The highest BCUT2D eigenvalue weighted by atomic mass is 19.1. The molecule has 1 fully saturated rings. The Morgan fingerprint density at radius 3 is 2.43 bits per heavy atom. The molecule has 2 amide bonds. The van der Waals surface area contributed by atoms with Gasteiger partial charge in [-0.2, -0.15) is 0 Å².